The van der Waals surface area contributed by atoms with Gasteiger partial charge in [0, 0.05) is 17.6 Å². The third-order valence-electron chi connectivity index (χ3n) is 1.86. The molecule has 0 aliphatic carbocycles. The molecule has 88 valence electrons. The molecule has 0 aliphatic rings. The molecule has 0 atom stereocenters. The van der Waals surface area contributed by atoms with Gasteiger partial charge in [-0.05, 0) is 13.0 Å². The zero-order valence-corrected chi connectivity index (χ0v) is 9.56. The van der Waals surface area contributed by atoms with Crippen molar-refractivity contribution in [2.45, 2.75) is 6.92 Å². The van der Waals surface area contributed by atoms with E-state index in [1.165, 1.54) is 23.7 Å². The van der Waals surface area contributed by atoms with Gasteiger partial charge in [-0.15, -0.1) is 0 Å². The molecule has 2 aromatic heterocycles. The highest BCUT2D eigenvalue weighted by Crippen LogP contribution is 2.23. The summed E-state index contributed by atoms with van der Waals surface area (Å²) in [5.74, 6) is 0.901. The van der Waals surface area contributed by atoms with Crippen molar-refractivity contribution in [2.75, 3.05) is 11.1 Å². The molecule has 0 fully saturated rings. The number of nitrogen functional groups attached to an aromatic ring is 1. The molecule has 2 heterocycles. The van der Waals surface area contributed by atoms with E-state index in [0.717, 1.165) is 0 Å². The van der Waals surface area contributed by atoms with Crippen molar-refractivity contribution in [3.8, 4) is 0 Å². The van der Waals surface area contributed by atoms with Crippen molar-refractivity contribution >= 4 is 34.0 Å². The number of anilines is 3. The second-order valence-electron chi connectivity index (χ2n) is 3.13. The predicted molar refractivity (Wildman–Crippen MR) is 63.2 cm³/mol. The lowest BCUT2D eigenvalue weighted by atomic mass is 10.4. The molecule has 0 saturated heterocycles. The van der Waals surface area contributed by atoms with E-state index in [2.05, 4.69) is 19.7 Å². The summed E-state index contributed by atoms with van der Waals surface area (Å²) in [5, 5.41) is 14.0. The van der Waals surface area contributed by atoms with E-state index in [1.54, 1.807) is 6.92 Å². The SMILES string of the molecule is Cc1nsc(Nc2ccc([N+](=O)[O-])c(N)n2)n1. The van der Waals surface area contributed by atoms with Crippen LogP contribution in [-0.4, -0.2) is 19.3 Å². The fraction of sp³-hybridized carbons (Fsp3) is 0.125. The van der Waals surface area contributed by atoms with E-state index in [9.17, 15) is 10.1 Å². The molecule has 8 nitrogen and oxygen atoms in total. The van der Waals surface area contributed by atoms with Crippen LogP contribution in [0.4, 0.5) is 22.5 Å². The molecule has 0 radical (unpaired) electrons. The summed E-state index contributed by atoms with van der Waals surface area (Å²) in [6, 6.07) is 2.75. The van der Waals surface area contributed by atoms with Gasteiger partial charge in [0.15, 0.2) is 0 Å². The van der Waals surface area contributed by atoms with Crippen LogP contribution in [0.3, 0.4) is 0 Å². The lowest BCUT2D eigenvalue weighted by Gasteiger charge is -2.02. The van der Waals surface area contributed by atoms with E-state index in [0.29, 0.717) is 16.8 Å². The Balaban J connectivity index is 2.23. The summed E-state index contributed by atoms with van der Waals surface area (Å²) in [5.41, 5.74) is 5.24. The van der Waals surface area contributed by atoms with Crippen LogP contribution in [0, 0.1) is 17.0 Å². The average molecular weight is 252 g/mol. The number of pyridine rings is 1. The molecule has 0 unspecified atom stereocenters. The van der Waals surface area contributed by atoms with Gasteiger partial charge in [0.1, 0.15) is 11.6 Å². The van der Waals surface area contributed by atoms with E-state index < -0.39 is 4.92 Å². The third-order valence-corrected chi connectivity index (χ3v) is 2.58. The number of nitro groups is 1. The largest absolute Gasteiger partial charge is 0.378 e. The predicted octanol–water partition coefficient (Wildman–Crippen LogP) is 1.48. The number of hydrogen-bond acceptors (Lipinski definition) is 8. The Morgan fingerprint density at radius 1 is 1.47 bits per heavy atom. The Bertz CT molecular complexity index is 569. The molecule has 0 saturated carbocycles. The maximum atomic E-state index is 10.5. The summed E-state index contributed by atoms with van der Waals surface area (Å²) < 4.78 is 3.98. The number of nitrogens with two attached hydrogens (primary N) is 1. The molecule has 2 rings (SSSR count). The molecule has 0 amide bonds. The van der Waals surface area contributed by atoms with Gasteiger partial charge in [-0.2, -0.15) is 4.37 Å². The van der Waals surface area contributed by atoms with Crippen LogP contribution in [0.15, 0.2) is 12.1 Å². The second kappa shape index (κ2) is 4.29. The summed E-state index contributed by atoms with van der Waals surface area (Å²) in [7, 11) is 0. The number of hydrogen-bond donors (Lipinski definition) is 2. The normalized spacial score (nSPS) is 10.2. The van der Waals surface area contributed by atoms with Gasteiger partial charge in [0.25, 0.3) is 0 Å². The fourth-order valence-electron chi connectivity index (χ4n) is 1.15. The van der Waals surface area contributed by atoms with Crippen LogP contribution in [0.25, 0.3) is 0 Å². The van der Waals surface area contributed by atoms with Crippen molar-refractivity contribution in [3.05, 3.63) is 28.1 Å². The van der Waals surface area contributed by atoms with Gasteiger partial charge in [-0.25, -0.2) is 9.97 Å². The lowest BCUT2D eigenvalue weighted by Crippen LogP contribution is -2.01. The topological polar surface area (TPSA) is 120 Å². The molecule has 2 aromatic rings. The monoisotopic (exact) mass is 252 g/mol. The van der Waals surface area contributed by atoms with Crippen LogP contribution in [0.5, 0.6) is 0 Å². The van der Waals surface area contributed by atoms with Crippen LogP contribution >= 0.6 is 11.5 Å². The third kappa shape index (κ3) is 2.45. The van der Waals surface area contributed by atoms with Gasteiger partial charge in [-0.3, -0.25) is 10.1 Å². The first-order valence-electron chi connectivity index (χ1n) is 4.54. The van der Waals surface area contributed by atoms with Gasteiger partial charge < -0.3 is 11.1 Å². The smallest absolute Gasteiger partial charge is 0.311 e. The number of aryl methyl sites for hydroxylation is 1. The Kier molecular flexibility index (Phi) is 2.83. The van der Waals surface area contributed by atoms with Crippen LogP contribution in [-0.2, 0) is 0 Å². The van der Waals surface area contributed by atoms with Gasteiger partial charge in [0.05, 0.1) is 4.92 Å². The second-order valence-corrected chi connectivity index (χ2v) is 3.88. The standard InChI is InChI=1S/C8H8N6O2S/c1-4-10-8(17-13-4)12-6-3-2-5(14(15)16)7(9)11-6/h2-3H,1H3,(H3,9,10,11,12,13). The molecule has 0 bridgehead atoms. The number of aromatic nitrogens is 3. The van der Waals surface area contributed by atoms with E-state index in [4.69, 9.17) is 5.73 Å². The maximum Gasteiger partial charge on any atom is 0.311 e. The van der Waals surface area contributed by atoms with Gasteiger partial charge in [-0.1, -0.05) is 0 Å². The Morgan fingerprint density at radius 2 is 2.24 bits per heavy atom. The summed E-state index contributed by atoms with van der Waals surface area (Å²) >= 11 is 1.17. The zero-order chi connectivity index (χ0) is 12.4. The summed E-state index contributed by atoms with van der Waals surface area (Å²) in [6.45, 7) is 1.76. The molecule has 3 N–H and O–H groups in total. The first kappa shape index (κ1) is 11.2. The Morgan fingerprint density at radius 3 is 2.76 bits per heavy atom. The van der Waals surface area contributed by atoms with Crippen molar-refractivity contribution in [1.29, 1.82) is 0 Å². The number of rotatable bonds is 3. The molecule has 9 heteroatoms. The van der Waals surface area contributed by atoms with Crippen molar-refractivity contribution < 1.29 is 4.92 Å². The van der Waals surface area contributed by atoms with Crippen molar-refractivity contribution in [2.24, 2.45) is 0 Å². The molecular weight excluding hydrogens is 244 g/mol. The Hall–Kier alpha value is -2.29. The van der Waals surface area contributed by atoms with Crippen molar-refractivity contribution in [1.82, 2.24) is 14.3 Å². The fourth-order valence-corrected chi connectivity index (χ4v) is 1.73. The molecule has 0 aliphatic heterocycles. The van der Waals surface area contributed by atoms with E-state index in [-0.39, 0.29) is 11.5 Å². The van der Waals surface area contributed by atoms with E-state index in [1.807, 2.05) is 0 Å². The van der Waals surface area contributed by atoms with Crippen LogP contribution in [0.1, 0.15) is 5.82 Å². The van der Waals surface area contributed by atoms with E-state index >= 15 is 0 Å². The highest BCUT2D eigenvalue weighted by molar-refractivity contribution is 7.09. The molecular formula is C8H8N6O2S. The molecule has 0 spiro atoms. The van der Waals surface area contributed by atoms with Gasteiger partial charge >= 0.3 is 5.69 Å². The minimum Gasteiger partial charge on any atom is -0.378 e. The van der Waals surface area contributed by atoms with Crippen LogP contribution in [0.2, 0.25) is 0 Å². The minimum atomic E-state index is -0.582. The zero-order valence-electron chi connectivity index (χ0n) is 8.75. The summed E-state index contributed by atoms with van der Waals surface area (Å²) in [4.78, 5) is 17.9. The highest BCUT2D eigenvalue weighted by Gasteiger charge is 2.13. The highest BCUT2D eigenvalue weighted by atomic mass is 32.1. The number of nitrogens with one attached hydrogen (secondary N) is 1. The maximum absolute atomic E-state index is 10.5. The number of nitrogens with zero attached hydrogens (tertiary/aromatic N) is 4. The first-order chi connectivity index (χ1) is 8.06. The average Bonchev–Trinajstić information content (AvgIpc) is 2.63. The molecule has 0 aromatic carbocycles. The molecule has 17 heavy (non-hydrogen) atoms. The minimum absolute atomic E-state index is 0.138. The Labute approximate surface area is 99.8 Å². The van der Waals surface area contributed by atoms with Crippen molar-refractivity contribution in [3.63, 3.8) is 0 Å². The first-order valence-corrected chi connectivity index (χ1v) is 5.32. The quantitative estimate of drug-likeness (QED) is 0.626. The lowest BCUT2D eigenvalue weighted by molar-refractivity contribution is -0.384. The van der Waals surface area contributed by atoms with Gasteiger partial charge in [0.2, 0.25) is 10.9 Å². The summed E-state index contributed by atoms with van der Waals surface area (Å²) in [6.07, 6.45) is 0. The van der Waals surface area contributed by atoms with Crippen LogP contribution < -0.4 is 11.1 Å².